The number of nitrogens with zero attached hydrogens (tertiary/aromatic N) is 4. The minimum absolute atomic E-state index is 0.107. The van der Waals surface area contributed by atoms with Crippen molar-refractivity contribution in [3.8, 4) is 6.07 Å². The molecule has 1 aromatic rings. The largest absolute Gasteiger partial charge is 0.395 e. The Morgan fingerprint density at radius 2 is 2.32 bits per heavy atom. The lowest BCUT2D eigenvalue weighted by Gasteiger charge is -2.21. The molecule has 0 spiro atoms. The maximum atomic E-state index is 12.6. The fraction of sp³-hybridized carbons (Fsp3) is 0.615. The number of amides is 1. The molecule has 0 saturated heterocycles. The van der Waals surface area contributed by atoms with Crippen LogP contribution in [0.15, 0.2) is 0 Å². The molecular weight excluding hydrogens is 242 g/mol. The standard InChI is InChI=1S/C13H19N5O/c1-3-10-11(15)12(17(2)16-10)13(19)18(8-4-7-14)9-5-6-9/h9H,3-6,8,15H2,1-2H3. The summed E-state index contributed by atoms with van der Waals surface area (Å²) in [5.74, 6) is -0.107. The van der Waals surface area contributed by atoms with Crippen molar-refractivity contribution in [2.75, 3.05) is 12.3 Å². The van der Waals surface area contributed by atoms with Gasteiger partial charge >= 0.3 is 0 Å². The zero-order valence-electron chi connectivity index (χ0n) is 11.4. The summed E-state index contributed by atoms with van der Waals surface area (Å²) in [7, 11) is 1.73. The van der Waals surface area contributed by atoms with E-state index in [1.807, 2.05) is 6.92 Å². The summed E-state index contributed by atoms with van der Waals surface area (Å²) in [5.41, 5.74) is 7.67. The average molecular weight is 261 g/mol. The van der Waals surface area contributed by atoms with Gasteiger partial charge in [-0.1, -0.05) is 6.92 Å². The van der Waals surface area contributed by atoms with Crippen molar-refractivity contribution in [1.29, 1.82) is 5.26 Å². The van der Waals surface area contributed by atoms with Gasteiger partial charge in [-0.05, 0) is 19.3 Å². The highest BCUT2D eigenvalue weighted by Crippen LogP contribution is 2.30. The quantitative estimate of drug-likeness (QED) is 0.859. The van der Waals surface area contributed by atoms with Crippen molar-refractivity contribution in [2.24, 2.45) is 7.05 Å². The number of anilines is 1. The van der Waals surface area contributed by atoms with E-state index in [1.165, 1.54) is 0 Å². The highest BCUT2D eigenvalue weighted by Gasteiger charge is 2.35. The summed E-state index contributed by atoms with van der Waals surface area (Å²) in [6, 6.07) is 2.35. The molecule has 0 aliphatic heterocycles. The lowest BCUT2D eigenvalue weighted by atomic mass is 10.2. The van der Waals surface area contributed by atoms with Gasteiger partial charge in [0, 0.05) is 19.6 Å². The van der Waals surface area contributed by atoms with Crippen LogP contribution in [0.4, 0.5) is 5.69 Å². The molecular formula is C13H19N5O. The maximum Gasteiger partial charge on any atom is 0.274 e. The van der Waals surface area contributed by atoms with Gasteiger partial charge in [0.25, 0.3) is 5.91 Å². The van der Waals surface area contributed by atoms with Crippen LogP contribution in [0.1, 0.15) is 42.4 Å². The third-order valence-corrected chi connectivity index (χ3v) is 3.41. The van der Waals surface area contributed by atoms with Gasteiger partial charge in [-0.3, -0.25) is 9.48 Å². The fourth-order valence-corrected chi connectivity index (χ4v) is 2.25. The van der Waals surface area contributed by atoms with Crippen molar-refractivity contribution in [1.82, 2.24) is 14.7 Å². The Balaban J connectivity index is 2.26. The number of hydrogen-bond donors (Lipinski definition) is 1. The molecule has 6 nitrogen and oxygen atoms in total. The normalized spacial score (nSPS) is 14.2. The number of carbonyl (C=O) groups is 1. The monoisotopic (exact) mass is 261 g/mol. The molecule has 1 amide bonds. The van der Waals surface area contributed by atoms with Crippen molar-refractivity contribution in [3.63, 3.8) is 0 Å². The van der Waals surface area contributed by atoms with Crippen molar-refractivity contribution >= 4 is 11.6 Å². The summed E-state index contributed by atoms with van der Waals surface area (Å²) in [6.07, 6.45) is 3.07. The Morgan fingerprint density at radius 1 is 1.63 bits per heavy atom. The summed E-state index contributed by atoms with van der Waals surface area (Å²) in [5, 5.41) is 13.0. The molecule has 1 aromatic heterocycles. The predicted molar refractivity (Wildman–Crippen MR) is 71.3 cm³/mol. The lowest BCUT2D eigenvalue weighted by molar-refractivity contribution is 0.0737. The van der Waals surface area contributed by atoms with E-state index in [0.29, 0.717) is 30.8 Å². The van der Waals surface area contributed by atoms with Crippen LogP contribution in [-0.4, -0.2) is 33.2 Å². The van der Waals surface area contributed by atoms with Crippen LogP contribution >= 0.6 is 0 Å². The van der Waals surface area contributed by atoms with Crippen molar-refractivity contribution < 1.29 is 4.79 Å². The van der Waals surface area contributed by atoms with Crippen LogP contribution in [0.5, 0.6) is 0 Å². The number of nitrogen functional groups attached to an aromatic ring is 1. The first-order valence-corrected chi connectivity index (χ1v) is 6.59. The molecule has 19 heavy (non-hydrogen) atoms. The van der Waals surface area contributed by atoms with Gasteiger partial charge < -0.3 is 10.6 Å². The first-order valence-electron chi connectivity index (χ1n) is 6.59. The van der Waals surface area contributed by atoms with Crippen molar-refractivity contribution in [2.45, 2.75) is 38.6 Å². The second-order valence-corrected chi connectivity index (χ2v) is 4.82. The van der Waals surface area contributed by atoms with E-state index < -0.39 is 0 Å². The molecule has 0 aromatic carbocycles. The summed E-state index contributed by atoms with van der Waals surface area (Å²) < 4.78 is 1.55. The molecule has 1 saturated carbocycles. The molecule has 2 N–H and O–H groups in total. The smallest absolute Gasteiger partial charge is 0.274 e. The Kier molecular flexibility index (Phi) is 3.74. The first-order chi connectivity index (χ1) is 9.10. The molecule has 1 heterocycles. The molecule has 0 atom stereocenters. The number of aryl methyl sites for hydroxylation is 2. The topological polar surface area (TPSA) is 87.9 Å². The van der Waals surface area contributed by atoms with Gasteiger partial charge in [-0.15, -0.1) is 0 Å². The summed E-state index contributed by atoms with van der Waals surface area (Å²) >= 11 is 0. The van der Waals surface area contributed by atoms with Gasteiger partial charge in [0.05, 0.1) is 23.9 Å². The molecule has 0 unspecified atom stereocenters. The van der Waals surface area contributed by atoms with Gasteiger partial charge in [0.1, 0.15) is 5.69 Å². The zero-order valence-corrected chi connectivity index (χ0v) is 11.4. The van der Waals surface area contributed by atoms with E-state index in [-0.39, 0.29) is 11.9 Å². The molecule has 1 fully saturated rings. The SMILES string of the molecule is CCc1nn(C)c(C(=O)N(CCC#N)C2CC2)c1N. The van der Waals surface area contributed by atoms with E-state index >= 15 is 0 Å². The maximum absolute atomic E-state index is 12.6. The van der Waals surface area contributed by atoms with Crippen LogP contribution in [0.3, 0.4) is 0 Å². The van der Waals surface area contributed by atoms with Crippen LogP contribution in [0.25, 0.3) is 0 Å². The second-order valence-electron chi connectivity index (χ2n) is 4.82. The fourth-order valence-electron chi connectivity index (χ4n) is 2.25. The number of nitrogens with two attached hydrogens (primary N) is 1. The Hall–Kier alpha value is -2.03. The van der Waals surface area contributed by atoms with E-state index in [9.17, 15) is 4.79 Å². The van der Waals surface area contributed by atoms with Gasteiger partial charge in [0.2, 0.25) is 0 Å². The van der Waals surface area contributed by atoms with E-state index in [0.717, 1.165) is 18.5 Å². The van der Waals surface area contributed by atoms with Gasteiger partial charge in [-0.25, -0.2) is 0 Å². The van der Waals surface area contributed by atoms with Crippen LogP contribution < -0.4 is 5.73 Å². The molecule has 0 bridgehead atoms. The zero-order chi connectivity index (χ0) is 14.0. The second kappa shape index (κ2) is 5.31. The molecule has 6 heteroatoms. The number of carbonyl (C=O) groups excluding carboxylic acids is 1. The number of rotatable bonds is 5. The van der Waals surface area contributed by atoms with Crippen LogP contribution in [-0.2, 0) is 13.5 Å². The van der Waals surface area contributed by atoms with Gasteiger partial charge in [0.15, 0.2) is 0 Å². The third-order valence-electron chi connectivity index (χ3n) is 3.41. The molecule has 2 rings (SSSR count). The Morgan fingerprint density at radius 3 is 2.79 bits per heavy atom. The predicted octanol–water partition coefficient (Wildman–Crippen LogP) is 1.08. The van der Waals surface area contributed by atoms with Gasteiger partial charge in [-0.2, -0.15) is 10.4 Å². The highest BCUT2D eigenvalue weighted by molar-refractivity contribution is 5.98. The van der Waals surface area contributed by atoms with Crippen LogP contribution in [0.2, 0.25) is 0 Å². The van der Waals surface area contributed by atoms with E-state index in [1.54, 1.807) is 16.6 Å². The number of nitriles is 1. The molecule has 1 aliphatic carbocycles. The third kappa shape index (κ3) is 2.55. The number of aromatic nitrogens is 2. The molecule has 1 aliphatic rings. The summed E-state index contributed by atoms with van der Waals surface area (Å²) in [4.78, 5) is 14.3. The minimum atomic E-state index is -0.107. The van der Waals surface area contributed by atoms with Crippen molar-refractivity contribution in [3.05, 3.63) is 11.4 Å². The molecule has 102 valence electrons. The Bertz CT molecular complexity index is 524. The first kappa shape index (κ1) is 13.4. The number of hydrogen-bond acceptors (Lipinski definition) is 4. The highest BCUT2D eigenvalue weighted by atomic mass is 16.2. The lowest BCUT2D eigenvalue weighted by Crippen LogP contribution is -2.35. The van der Waals surface area contributed by atoms with Crippen LogP contribution in [0, 0.1) is 11.3 Å². The summed E-state index contributed by atoms with van der Waals surface area (Å²) in [6.45, 7) is 2.42. The average Bonchev–Trinajstić information content (AvgIpc) is 3.16. The Labute approximate surface area is 112 Å². The van der Waals surface area contributed by atoms with E-state index in [2.05, 4.69) is 11.2 Å². The minimum Gasteiger partial charge on any atom is -0.395 e. The molecule has 0 radical (unpaired) electrons. The van der Waals surface area contributed by atoms with E-state index in [4.69, 9.17) is 11.0 Å².